The van der Waals surface area contributed by atoms with Gasteiger partial charge in [-0.15, -0.1) is 0 Å². The van der Waals surface area contributed by atoms with Gasteiger partial charge in [0.1, 0.15) is 11.3 Å². The average molecular weight is 477 g/mol. The van der Waals surface area contributed by atoms with E-state index in [1.165, 1.54) is 6.07 Å². The number of hydrogen-bond acceptors (Lipinski definition) is 6. The molecular formula is C23H25BrO6. The number of benzene rings is 2. The van der Waals surface area contributed by atoms with E-state index in [-0.39, 0.29) is 29.0 Å². The lowest BCUT2D eigenvalue weighted by molar-refractivity contribution is 0.0499. The zero-order valence-electron chi connectivity index (χ0n) is 17.3. The van der Waals surface area contributed by atoms with E-state index in [2.05, 4.69) is 15.9 Å². The van der Waals surface area contributed by atoms with E-state index in [4.69, 9.17) is 9.47 Å². The standard InChI is InChI=1S/C23H25BrO6/c1-4-6-7-8-15-13-17(20(25)14-9-11-16(24)12-10-14)18(23(28)30-5-2)19(21(15)26)22(27)29-3/h9-13,26H,4-8H2,1-3H3. The summed E-state index contributed by atoms with van der Waals surface area (Å²) >= 11 is 3.33. The van der Waals surface area contributed by atoms with Crippen molar-refractivity contribution in [3.8, 4) is 5.75 Å². The minimum atomic E-state index is -0.905. The van der Waals surface area contributed by atoms with Crippen LogP contribution in [-0.4, -0.2) is 36.5 Å². The van der Waals surface area contributed by atoms with E-state index in [1.54, 1.807) is 31.2 Å². The van der Waals surface area contributed by atoms with Crippen LogP contribution >= 0.6 is 15.9 Å². The van der Waals surface area contributed by atoms with Crippen molar-refractivity contribution in [3.05, 3.63) is 62.6 Å². The van der Waals surface area contributed by atoms with Crippen LogP contribution in [0, 0.1) is 0 Å². The van der Waals surface area contributed by atoms with Gasteiger partial charge in [-0.05, 0) is 55.7 Å². The summed E-state index contributed by atoms with van der Waals surface area (Å²) in [5.74, 6) is -2.58. The molecule has 160 valence electrons. The molecule has 30 heavy (non-hydrogen) atoms. The smallest absolute Gasteiger partial charge is 0.342 e. The van der Waals surface area contributed by atoms with Crippen LogP contribution in [0.3, 0.4) is 0 Å². The monoisotopic (exact) mass is 476 g/mol. The Morgan fingerprint density at radius 1 is 1.00 bits per heavy atom. The predicted molar refractivity (Wildman–Crippen MR) is 116 cm³/mol. The number of hydrogen-bond donors (Lipinski definition) is 1. The SMILES string of the molecule is CCCCCc1cc(C(=O)c2ccc(Br)cc2)c(C(=O)OCC)c(C(=O)OC)c1O. The summed E-state index contributed by atoms with van der Waals surface area (Å²) in [7, 11) is 1.15. The van der Waals surface area contributed by atoms with Crippen molar-refractivity contribution in [3.63, 3.8) is 0 Å². The number of ether oxygens (including phenoxy) is 2. The lowest BCUT2D eigenvalue weighted by Gasteiger charge is -2.17. The lowest BCUT2D eigenvalue weighted by atomic mass is 9.89. The number of aryl methyl sites for hydroxylation is 1. The normalized spacial score (nSPS) is 10.5. The van der Waals surface area contributed by atoms with Gasteiger partial charge in [0, 0.05) is 15.6 Å². The molecule has 0 aliphatic rings. The molecule has 0 aliphatic heterocycles. The van der Waals surface area contributed by atoms with Crippen LogP contribution in [0.2, 0.25) is 0 Å². The summed E-state index contributed by atoms with van der Waals surface area (Å²) in [5.41, 5.74) is 0.126. The van der Waals surface area contributed by atoms with Crippen LogP contribution in [0.5, 0.6) is 5.75 Å². The molecule has 2 rings (SSSR count). The Morgan fingerprint density at radius 3 is 2.23 bits per heavy atom. The Kier molecular flexibility index (Phi) is 8.59. The molecule has 0 atom stereocenters. The van der Waals surface area contributed by atoms with Crippen molar-refractivity contribution in [2.45, 2.75) is 39.5 Å². The molecule has 1 N–H and O–H groups in total. The molecule has 0 unspecified atom stereocenters. The van der Waals surface area contributed by atoms with Crippen molar-refractivity contribution < 1.29 is 29.0 Å². The zero-order valence-corrected chi connectivity index (χ0v) is 18.9. The highest BCUT2D eigenvalue weighted by molar-refractivity contribution is 9.10. The molecule has 6 nitrogen and oxygen atoms in total. The zero-order chi connectivity index (χ0) is 22.3. The molecule has 2 aromatic carbocycles. The van der Waals surface area contributed by atoms with E-state index in [9.17, 15) is 19.5 Å². The molecule has 0 aliphatic carbocycles. The van der Waals surface area contributed by atoms with Crippen LogP contribution in [0.4, 0.5) is 0 Å². The maximum absolute atomic E-state index is 13.3. The van der Waals surface area contributed by atoms with Gasteiger partial charge in [0.15, 0.2) is 5.78 Å². The van der Waals surface area contributed by atoms with E-state index in [1.807, 2.05) is 6.92 Å². The Bertz CT molecular complexity index is 934. The quantitative estimate of drug-likeness (QED) is 0.308. The van der Waals surface area contributed by atoms with E-state index in [0.29, 0.717) is 17.5 Å². The predicted octanol–water partition coefficient (Wildman–Crippen LogP) is 5.08. The largest absolute Gasteiger partial charge is 0.507 e. The maximum atomic E-state index is 13.3. The molecule has 0 bridgehead atoms. The van der Waals surface area contributed by atoms with Gasteiger partial charge in [0.05, 0.1) is 19.3 Å². The van der Waals surface area contributed by atoms with Gasteiger partial charge in [-0.3, -0.25) is 4.79 Å². The first kappa shape index (κ1) is 23.6. The molecule has 0 spiro atoms. The molecular weight excluding hydrogens is 452 g/mol. The first-order chi connectivity index (χ1) is 14.3. The molecule has 0 saturated carbocycles. The van der Waals surface area contributed by atoms with E-state index >= 15 is 0 Å². The van der Waals surface area contributed by atoms with Gasteiger partial charge in [-0.2, -0.15) is 0 Å². The highest BCUT2D eigenvalue weighted by Crippen LogP contribution is 2.33. The van der Waals surface area contributed by atoms with Crippen molar-refractivity contribution in [1.82, 2.24) is 0 Å². The first-order valence-electron chi connectivity index (χ1n) is 9.80. The van der Waals surface area contributed by atoms with Gasteiger partial charge in [0.2, 0.25) is 0 Å². The second-order valence-electron chi connectivity index (χ2n) is 6.69. The molecule has 0 saturated heterocycles. The molecule has 0 fully saturated rings. The molecule has 0 radical (unpaired) electrons. The third kappa shape index (κ3) is 5.27. The summed E-state index contributed by atoms with van der Waals surface area (Å²) in [6, 6.07) is 8.13. The summed E-state index contributed by atoms with van der Waals surface area (Å²) in [6.45, 7) is 3.71. The molecule has 7 heteroatoms. The Balaban J connectivity index is 2.75. The second kappa shape index (κ2) is 10.9. The fourth-order valence-electron chi connectivity index (χ4n) is 3.14. The lowest BCUT2D eigenvalue weighted by Crippen LogP contribution is -2.20. The highest BCUT2D eigenvalue weighted by atomic mass is 79.9. The molecule has 0 amide bonds. The van der Waals surface area contributed by atoms with Crippen LogP contribution in [0.25, 0.3) is 0 Å². The number of aromatic hydroxyl groups is 1. The molecule has 2 aromatic rings. The number of halogens is 1. The van der Waals surface area contributed by atoms with E-state index < -0.39 is 17.7 Å². The first-order valence-corrected chi connectivity index (χ1v) is 10.6. The fourth-order valence-corrected chi connectivity index (χ4v) is 3.40. The van der Waals surface area contributed by atoms with Gasteiger partial charge in [0.25, 0.3) is 0 Å². The number of ketones is 1. The van der Waals surface area contributed by atoms with Crippen molar-refractivity contribution in [2.75, 3.05) is 13.7 Å². The van der Waals surface area contributed by atoms with Crippen LogP contribution in [0.15, 0.2) is 34.8 Å². The number of rotatable bonds is 9. The summed E-state index contributed by atoms with van der Waals surface area (Å²) in [5, 5.41) is 10.8. The number of unbranched alkanes of at least 4 members (excludes halogenated alkanes) is 2. The summed E-state index contributed by atoms with van der Waals surface area (Å²) in [6.07, 6.45) is 3.10. The minimum absolute atomic E-state index is 0.000436. The Hall–Kier alpha value is -2.67. The molecule has 0 aromatic heterocycles. The minimum Gasteiger partial charge on any atom is -0.507 e. The average Bonchev–Trinajstić information content (AvgIpc) is 2.74. The third-order valence-electron chi connectivity index (χ3n) is 4.65. The van der Waals surface area contributed by atoms with Gasteiger partial charge in [-0.25, -0.2) is 9.59 Å². The number of methoxy groups -OCH3 is 1. The fraction of sp³-hybridized carbons (Fsp3) is 0.348. The van der Waals surface area contributed by atoms with Crippen molar-refractivity contribution in [2.24, 2.45) is 0 Å². The number of esters is 2. The van der Waals surface area contributed by atoms with Gasteiger partial charge >= 0.3 is 11.9 Å². The van der Waals surface area contributed by atoms with Crippen molar-refractivity contribution in [1.29, 1.82) is 0 Å². The third-order valence-corrected chi connectivity index (χ3v) is 5.18. The van der Waals surface area contributed by atoms with Crippen LogP contribution < -0.4 is 0 Å². The van der Waals surface area contributed by atoms with Crippen LogP contribution in [0.1, 0.15) is 75.3 Å². The maximum Gasteiger partial charge on any atom is 0.342 e. The number of carbonyl (C=O) groups excluding carboxylic acids is 3. The second-order valence-corrected chi connectivity index (χ2v) is 7.60. The number of carbonyl (C=O) groups is 3. The van der Waals surface area contributed by atoms with Crippen LogP contribution in [-0.2, 0) is 15.9 Å². The number of phenolic OH excluding ortho intramolecular Hbond substituents is 1. The molecule has 0 heterocycles. The Labute approximate surface area is 184 Å². The Morgan fingerprint density at radius 2 is 1.67 bits per heavy atom. The summed E-state index contributed by atoms with van der Waals surface area (Å²) in [4.78, 5) is 38.5. The van der Waals surface area contributed by atoms with Gasteiger partial charge in [-0.1, -0.05) is 35.7 Å². The number of phenols is 1. The van der Waals surface area contributed by atoms with Gasteiger partial charge < -0.3 is 14.6 Å². The van der Waals surface area contributed by atoms with Crippen molar-refractivity contribution >= 4 is 33.7 Å². The highest BCUT2D eigenvalue weighted by Gasteiger charge is 2.31. The topological polar surface area (TPSA) is 89.9 Å². The summed E-state index contributed by atoms with van der Waals surface area (Å²) < 4.78 is 10.7. The van der Waals surface area contributed by atoms with E-state index in [0.717, 1.165) is 30.8 Å².